The number of thioether (sulfide) groups is 1. The van der Waals surface area contributed by atoms with E-state index in [4.69, 9.17) is 18.5 Å². The van der Waals surface area contributed by atoms with Crippen LogP contribution in [0.4, 0.5) is 4.79 Å². The Balaban J connectivity index is 1.74. The lowest BCUT2D eigenvalue weighted by Crippen LogP contribution is -2.39. The molecule has 1 aromatic rings. The van der Waals surface area contributed by atoms with Crippen molar-refractivity contribution in [2.45, 2.75) is 59.5 Å². The molecular formula is C22H36N3O10PS. The van der Waals surface area contributed by atoms with Gasteiger partial charge in [-0.15, -0.1) is 0 Å². The molecule has 1 aromatic heterocycles. The Labute approximate surface area is 219 Å². The first-order valence-corrected chi connectivity index (χ1v) is 14.0. The third kappa shape index (κ3) is 8.79. The Hall–Kier alpha value is -1.96. The van der Waals surface area contributed by atoms with Crippen LogP contribution >= 0.6 is 20.0 Å². The number of hydrogen-bond donors (Lipinski definition) is 3. The first-order chi connectivity index (χ1) is 17.3. The number of carbonyl (C=O) groups excluding carboxylic acids is 2. The number of aliphatic hydroxyl groups excluding tert-OH is 1. The van der Waals surface area contributed by atoms with E-state index in [1.165, 1.54) is 16.8 Å². The Morgan fingerprint density at radius 3 is 2.68 bits per heavy atom. The van der Waals surface area contributed by atoms with E-state index in [1.807, 2.05) is 0 Å². The minimum atomic E-state index is -2.94. The number of aliphatic hydroxyl groups is 1. The molecule has 1 amide bonds. The lowest BCUT2D eigenvalue weighted by atomic mass is 9.84. The molecule has 1 unspecified atom stereocenters. The van der Waals surface area contributed by atoms with E-state index in [2.05, 4.69) is 10.3 Å². The highest BCUT2D eigenvalue weighted by Crippen LogP contribution is 2.45. The molecule has 1 aliphatic heterocycles. The molecule has 2 heterocycles. The normalized spacial score (nSPS) is 21.9. The number of amides is 1. The van der Waals surface area contributed by atoms with Gasteiger partial charge in [0.15, 0.2) is 5.12 Å². The number of aromatic amines is 1. The van der Waals surface area contributed by atoms with Gasteiger partial charge in [0.25, 0.3) is 5.56 Å². The molecule has 13 nitrogen and oxygen atoms in total. The van der Waals surface area contributed by atoms with Crippen molar-refractivity contribution in [3.8, 4) is 0 Å². The van der Waals surface area contributed by atoms with Crippen molar-refractivity contribution < 1.29 is 37.8 Å². The largest absolute Gasteiger partial charge is 0.450 e. The summed E-state index contributed by atoms with van der Waals surface area (Å²) in [5.41, 5.74) is -2.84. The fourth-order valence-electron chi connectivity index (χ4n) is 3.61. The van der Waals surface area contributed by atoms with Gasteiger partial charge in [-0.2, -0.15) is 0 Å². The van der Waals surface area contributed by atoms with Crippen molar-refractivity contribution in [3.05, 3.63) is 33.1 Å². The number of hydrogen-bond acceptors (Lipinski definition) is 11. The summed E-state index contributed by atoms with van der Waals surface area (Å²) < 4.78 is 34.4. The van der Waals surface area contributed by atoms with Crippen LogP contribution in [0, 0.1) is 10.8 Å². The van der Waals surface area contributed by atoms with Gasteiger partial charge in [-0.3, -0.25) is 23.7 Å². The van der Waals surface area contributed by atoms with Gasteiger partial charge < -0.3 is 28.9 Å². The van der Waals surface area contributed by atoms with Crippen molar-refractivity contribution in [2.75, 3.05) is 32.1 Å². The molecule has 1 aliphatic rings. The lowest BCUT2D eigenvalue weighted by molar-refractivity contribution is -0.118. The van der Waals surface area contributed by atoms with Crippen LogP contribution in [0.5, 0.6) is 0 Å². The molecule has 3 N–H and O–H groups in total. The third-order valence-corrected chi connectivity index (χ3v) is 7.94. The van der Waals surface area contributed by atoms with Gasteiger partial charge in [0.2, 0.25) is 0 Å². The Morgan fingerprint density at radius 1 is 1.32 bits per heavy atom. The maximum absolute atomic E-state index is 12.5. The zero-order valence-corrected chi connectivity index (χ0v) is 23.4. The predicted molar refractivity (Wildman–Crippen MR) is 137 cm³/mol. The standard InChI is InChI=1S/C22H36N3O10PS/c1-6-32-20(30)23-9-8-21(2,3)18(28)37-12-11-33-36(31)34-13-14-16(27)22(4,5)17(35-14)25-10-7-15(26)24-19(25)29/h7,10,14,16-17,27,36H,6,8-9,11-13H2,1-5H3,(H,23,30)(H,24,26,29)/t14-,16-,17-/m1/s1. The molecule has 2 rings (SSSR count). The number of carbonyl (C=O) groups is 2. The molecule has 0 aromatic carbocycles. The third-order valence-electron chi connectivity index (χ3n) is 5.91. The molecule has 0 saturated carbocycles. The van der Waals surface area contributed by atoms with E-state index in [9.17, 15) is 28.8 Å². The van der Waals surface area contributed by atoms with E-state index in [0.717, 1.165) is 11.8 Å². The zero-order valence-electron chi connectivity index (χ0n) is 21.6. The molecule has 4 atom stereocenters. The lowest BCUT2D eigenvalue weighted by Gasteiger charge is -2.28. The van der Waals surface area contributed by atoms with E-state index in [-0.39, 0.29) is 30.7 Å². The zero-order chi connectivity index (χ0) is 27.8. The molecule has 1 saturated heterocycles. The fraction of sp³-hybridized carbons (Fsp3) is 0.727. The summed E-state index contributed by atoms with van der Waals surface area (Å²) in [5, 5.41) is 13.2. The molecule has 0 bridgehead atoms. The molecule has 1 fully saturated rings. The summed E-state index contributed by atoms with van der Waals surface area (Å²) in [6.45, 7) is 8.94. The Kier molecular flexibility index (Phi) is 11.6. The second-order valence-electron chi connectivity index (χ2n) is 9.64. The van der Waals surface area contributed by atoms with Gasteiger partial charge in [-0.25, -0.2) is 9.59 Å². The average molecular weight is 566 g/mol. The minimum Gasteiger partial charge on any atom is -0.450 e. The van der Waals surface area contributed by atoms with E-state index >= 15 is 0 Å². The van der Waals surface area contributed by atoms with Gasteiger partial charge in [0.05, 0.1) is 25.9 Å². The summed E-state index contributed by atoms with van der Waals surface area (Å²) >= 11 is 1.03. The maximum Gasteiger partial charge on any atom is 0.407 e. The maximum atomic E-state index is 12.5. The highest BCUT2D eigenvalue weighted by molar-refractivity contribution is 8.13. The summed E-state index contributed by atoms with van der Waals surface area (Å²) in [4.78, 5) is 49.5. The minimum absolute atomic E-state index is 0.000324. The summed E-state index contributed by atoms with van der Waals surface area (Å²) in [6.07, 6.45) is -1.66. The first kappa shape index (κ1) is 31.3. The molecule has 15 heteroatoms. The number of alkyl carbamates (subject to hydrolysis) is 1. The van der Waals surface area contributed by atoms with Crippen LogP contribution in [-0.4, -0.2) is 70.2 Å². The summed E-state index contributed by atoms with van der Waals surface area (Å²) in [6, 6.07) is 1.17. The molecule has 0 aliphatic carbocycles. The molecular weight excluding hydrogens is 529 g/mol. The number of ether oxygens (including phenoxy) is 2. The predicted octanol–water partition coefficient (Wildman–Crippen LogP) is 1.67. The Morgan fingerprint density at radius 2 is 2.03 bits per heavy atom. The number of H-pyrrole nitrogens is 1. The number of aromatic nitrogens is 2. The van der Waals surface area contributed by atoms with Crippen LogP contribution in [-0.2, 0) is 27.9 Å². The van der Waals surface area contributed by atoms with E-state index in [0.29, 0.717) is 13.0 Å². The quantitative estimate of drug-likeness (QED) is 0.234. The number of rotatable bonds is 13. The highest BCUT2D eigenvalue weighted by Gasteiger charge is 2.51. The molecule has 37 heavy (non-hydrogen) atoms. The SMILES string of the molecule is CCOC(=O)NCCC(C)(C)C(=O)SCCO[PH](=O)OC[C@H]1O[C@@H](n2ccc(=O)[nH]c2=O)C(C)(C)[C@@H]1O. The second kappa shape index (κ2) is 13.7. The van der Waals surface area contributed by atoms with Gasteiger partial charge >= 0.3 is 20.0 Å². The molecule has 0 spiro atoms. The van der Waals surface area contributed by atoms with Crippen molar-refractivity contribution in [1.29, 1.82) is 0 Å². The number of nitrogens with zero attached hydrogens (tertiary/aromatic N) is 1. The van der Waals surface area contributed by atoms with Crippen molar-refractivity contribution in [2.24, 2.45) is 10.8 Å². The summed E-state index contributed by atoms with van der Waals surface area (Å²) in [5.74, 6) is 0.250. The number of nitrogens with one attached hydrogen (secondary N) is 2. The second-order valence-corrected chi connectivity index (χ2v) is 11.8. The van der Waals surface area contributed by atoms with Crippen LogP contribution in [0.2, 0.25) is 0 Å². The van der Waals surface area contributed by atoms with Crippen molar-refractivity contribution >= 4 is 31.2 Å². The van der Waals surface area contributed by atoms with Gasteiger partial charge in [-0.05, 0) is 13.3 Å². The molecule has 210 valence electrons. The monoisotopic (exact) mass is 565 g/mol. The van der Waals surface area contributed by atoms with Crippen LogP contribution < -0.4 is 16.6 Å². The fourth-order valence-corrected chi connectivity index (χ4v) is 5.26. The van der Waals surface area contributed by atoms with Crippen molar-refractivity contribution in [3.63, 3.8) is 0 Å². The van der Waals surface area contributed by atoms with Crippen LogP contribution in [0.3, 0.4) is 0 Å². The first-order valence-electron chi connectivity index (χ1n) is 11.8. The van der Waals surface area contributed by atoms with Crippen molar-refractivity contribution in [1.82, 2.24) is 14.9 Å². The molecule has 0 radical (unpaired) electrons. The van der Waals surface area contributed by atoms with E-state index in [1.54, 1.807) is 34.6 Å². The van der Waals surface area contributed by atoms with Crippen LogP contribution in [0.15, 0.2) is 21.9 Å². The van der Waals surface area contributed by atoms with Gasteiger partial charge in [-0.1, -0.05) is 39.5 Å². The topological polar surface area (TPSA) is 175 Å². The van der Waals surface area contributed by atoms with Crippen LogP contribution in [0.1, 0.15) is 47.3 Å². The van der Waals surface area contributed by atoms with Gasteiger partial charge in [0.1, 0.15) is 12.3 Å². The Bertz CT molecular complexity index is 1070. The summed E-state index contributed by atoms with van der Waals surface area (Å²) in [7, 11) is -2.94. The smallest absolute Gasteiger partial charge is 0.407 e. The highest BCUT2D eigenvalue weighted by atomic mass is 32.2. The van der Waals surface area contributed by atoms with E-state index < -0.39 is 54.9 Å². The van der Waals surface area contributed by atoms with Crippen LogP contribution in [0.25, 0.3) is 0 Å². The van der Waals surface area contributed by atoms with Gasteiger partial charge in [0, 0.05) is 35.4 Å². The average Bonchev–Trinajstić information content (AvgIpc) is 3.03.